The number of carbonyl (C=O) groups is 1. The smallest absolute Gasteiger partial charge is 0.398 e. The molecule has 0 saturated carbocycles. The van der Waals surface area contributed by atoms with Crippen LogP contribution in [0, 0.1) is 0 Å². The number of amides is 1. The van der Waals surface area contributed by atoms with Crippen LogP contribution in [0.1, 0.15) is 22.3 Å². The highest BCUT2D eigenvalue weighted by atomic mass is 19.4. The maximum Gasteiger partial charge on any atom is 0.416 e. The Kier molecular flexibility index (Phi) is 5.38. The van der Waals surface area contributed by atoms with Crippen LogP contribution in [0.3, 0.4) is 0 Å². The summed E-state index contributed by atoms with van der Waals surface area (Å²) in [5.41, 5.74) is 4.59. The highest BCUT2D eigenvalue weighted by Crippen LogP contribution is 2.31. The van der Waals surface area contributed by atoms with Crippen molar-refractivity contribution < 1.29 is 22.7 Å². The summed E-state index contributed by atoms with van der Waals surface area (Å²) in [7, 11) is 3.05. The average molecular weight is 290 g/mol. The lowest BCUT2D eigenvalue weighted by molar-refractivity contribution is -0.137. The van der Waals surface area contributed by atoms with E-state index >= 15 is 0 Å². The number of nitrogens with two attached hydrogens (primary N) is 1. The zero-order chi connectivity index (χ0) is 15.3. The molecule has 2 N–H and O–H groups in total. The number of ether oxygens (including phenoxy) is 1. The van der Waals surface area contributed by atoms with Gasteiger partial charge in [0, 0.05) is 33.0 Å². The predicted octanol–water partition coefficient (Wildman–Crippen LogP) is 2.40. The third kappa shape index (κ3) is 4.12. The topological polar surface area (TPSA) is 55.6 Å². The van der Waals surface area contributed by atoms with Crippen molar-refractivity contribution in [2.45, 2.75) is 12.6 Å². The first-order chi connectivity index (χ1) is 9.27. The Morgan fingerprint density at radius 3 is 2.60 bits per heavy atom. The Hall–Kier alpha value is -1.76. The van der Waals surface area contributed by atoms with E-state index in [1.165, 1.54) is 19.1 Å². The van der Waals surface area contributed by atoms with Crippen LogP contribution in [-0.4, -0.2) is 38.1 Å². The van der Waals surface area contributed by atoms with Gasteiger partial charge in [0.25, 0.3) is 5.91 Å². The fraction of sp³-hybridized carbons (Fsp3) is 0.462. The lowest BCUT2D eigenvalue weighted by Crippen LogP contribution is -2.29. The first-order valence-electron chi connectivity index (χ1n) is 5.98. The second-order valence-corrected chi connectivity index (χ2v) is 4.37. The number of hydrogen-bond acceptors (Lipinski definition) is 3. The standard InChI is InChI=1S/C13H17F3N2O2/c1-18(6-3-7-20-2)12(19)10-8-9(13(14,15)16)4-5-11(10)17/h4-5,8H,3,6-7,17H2,1-2H3. The van der Waals surface area contributed by atoms with E-state index < -0.39 is 17.6 Å². The molecule has 112 valence electrons. The molecule has 7 heteroatoms. The summed E-state index contributed by atoms with van der Waals surface area (Å²) < 4.78 is 42.7. The van der Waals surface area contributed by atoms with E-state index in [1.807, 2.05) is 0 Å². The van der Waals surface area contributed by atoms with Gasteiger partial charge in [-0.25, -0.2) is 0 Å². The second kappa shape index (κ2) is 6.60. The van der Waals surface area contributed by atoms with Gasteiger partial charge in [0.1, 0.15) is 0 Å². The van der Waals surface area contributed by atoms with Crippen molar-refractivity contribution in [1.82, 2.24) is 4.90 Å². The Bertz CT molecular complexity index is 475. The number of nitrogen functional groups attached to an aromatic ring is 1. The molecule has 0 unspecified atom stereocenters. The number of halogens is 3. The lowest BCUT2D eigenvalue weighted by atomic mass is 10.1. The Morgan fingerprint density at radius 2 is 2.05 bits per heavy atom. The van der Waals surface area contributed by atoms with E-state index in [1.54, 1.807) is 0 Å². The molecule has 0 fully saturated rings. The molecule has 0 aromatic heterocycles. The van der Waals surface area contributed by atoms with Crippen LogP contribution in [0.5, 0.6) is 0 Å². The second-order valence-electron chi connectivity index (χ2n) is 4.37. The molecule has 1 aromatic rings. The Morgan fingerprint density at radius 1 is 1.40 bits per heavy atom. The van der Waals surface area contributed by atoms with Crippen molar-refractivity contribution in [2.75, 3.05) is 33.0 Å². The summed E-state index contributed by atoms with van der Waals surface area (Å²) in [6, 6.07) is 2.74. The monoisotopic (exact) mass is 290 g/mol. The van der Waals surface area contributed by atoms with Crippen LogP contribution < -0.4 is 5.73 Å². The fourth-order valence-corrected chi connectivity index (χ4v) is 1.67. The van der Waals surface area contributed by atoms with Gasteiger partial charge in [-0.1, -0.05) is 0 Å². The van der Waals surface area contributed by atoms with E-state index in [-0.39, 0.29) is 11.3 Å². The van der Waals surface area contributed by atoms with E-state index in [2.05, 4.69) is 0 Å². The first-order valence-corrected chi connectivity index (χ1v) is 5.98. The van der Waals surface area contributed by atoms with Crippen molar-refractivity contribution in [3.05, 3.63) is 29.3 Å². The molecule has 0 aliphatic carbocycles. The molecule has 1 rings (SSSR count). The summed E-state index contributed by atoms with van der Waals surface area (Å²) >= 11 is 0. The zero-order valence-electron chi connectivity index (χ0n) is 11.3. The molecule has 0 aliphatic rings. The van der Waals surface area contributed by atoms with E-state index in [9.17, 15) is 18.0 Å². The Labute approximate surface area is 115 Å². The first kappa shape index (κ1) is 16.3. The van der Waals surface area contributed by atoms with E-state index in [0.717, 1.165) is 18.2 Å². The molecule has 0 spiro atoms. The van der Waals surface area contributed by atoms with Crippen molar-refractivity contribution in [1.29, 1.82) is 0 Å². The highest BCUT2D eigenvalue weighted by molar-refractivity contribution is 5.99. The minimum atomic E-state index is -4.50. The van der Waals surface area contributed by atoms with Gasteiger partial charge in [0.05, 0.1) is 11.1 Å². The van der Waals surface area contributed by atoms with Gasteiger partial charge in [-0.15, -0.1) is 0 Å². The molecule has 0 aliphatic heterocycles. The average Bonchev–Trinajstić information content (AvgIpc) is 2.37. The molecule has 0 heterocycles. The van der Waals surface area contributed by atoms with Crippen LogP contribution in [0.25, 0.3) is 0 Å². The minimum Gasteiger partial charge on any atom is -0.398 e. The van der Waals surface area contributed by atoms with Crippen molar-refractivity contribution in [2.24, 2.45) is 0 Å². The molecular weight excluding hydrogens is 273 g/mol. The minimum absolute atomic E-state index is 0.0293. The molecule has 0 bridgehead atoms. The number of benzene rings is 1. The Balaban J connectivity index is 2.92. The zero-order valence-corrected chi connectivity index (χ0v) is 11.3. The third-order valence-corrected chi connectivity index (χ3v) is 2.80. The highest BCUT2D eigenvalue weighted by Gasteiger charge is 2.31. The summed E-state index contributed by atoms with van der Waals surface area (Å²) in [4.78, 5) is 13.4. The maximum absolute atomic E-state index is 12.6. The van der Waals surface area contributed by atoms with Crippen molar-refractivity contribution >= 4 is 11.6 Å². The lowest BCUT2D eigenvalue weighted by Gasteiger charge is -2.19. The SMILES string of the molecule is COCCCN(C)C(=O)c1cc(C(F)(F)F)ccc1N. The van der Waals surface area contributed by atoms with Gasteiger partial charge in [-0.3, -0.25) is 4.79 Å². The molecule has 4 nitrogen and oxygen atoms in total. The predicted molar refractivity (Wildman–Crippen MR) is 69.3 cm³/mol. The molecule has 1 aromatic carbocycles. The maximum atomic E-state index is 12.6. The molecule has 1 amide bonds. The number of nitrogens with zero attached hydrogens (tertiary/aromatic N) is 1. The van der Waals surface area contributed by atoms with Gasteiger partial charge in [-0.05, 0) is 24.6 Å². The quantitative estimate of drug-likeness (QED) is 0.669. The number of hydrogen-bond donors (Lipinski definition) is 1. The van der Waals surface area contributed by atoms with Crippen LogP contribution >= 0.6 is 0 Å². The number of alkyl halides is 3. The largest absolute Gasteiger partial charge is 0.416 e. The van der Waals surface area contributed by atoms with E-state index in [0.29, 0.717) is 19.6 Å². The molecule has 0 saturated heterocycles. The number of methoxy groups -OCH3 is 1. The number of rotatable bonds is 5. The van der Waals surface area contributed by atoms with Crippen LogP contribution in [0.2, 0.25) is 0 Å². The summed E-state index contributed by atoms with van der Waals surface area (Å²) in [5.74, 6) is -0.537. The fourth-order valence-electron chi connectivity index (χ4n) is 1.67. The molecule has 0 atom stereocenters. The summed E-state index contributed by atoms with van der Waals surface area (Å²) in [5, 5.41) is 0. The number of carbonyl (C=O) groups excluding carboxylic acids is 1. The molecule has 20 heavy (non-hydrogen) atoms. The van der Waals surface area contributed by atoms with Crippen LogP contribution in [0.4, 0.5) is 18.9 Å². The van der Waals surface area contributed by atoms with Gasteiger partial charge in [-0.2, -0.15) is 13.2 Å². The molecular formula is C13H17F3N2O2. The van der Waals surface area contributed by atoms with Crippen molar-refractivity contribution in [3.63, 3.8) is 0 Å². The molecule has 0 radical (unpaired) electrons. The summed E-state index contributed by atoms with van der Waals surface area (Å²) in [6.07, 6.45) is -3.91. The normalized spacial score (nSPS) is 11.4. The van der Waals surface area contributed by atoms with Gasteiger partial charge in [0.2, 0.25) is 0 Å². The summed E-state index contributed by atoms with van der Waals surface area (Å²) in [6.45, 7) is 0.845. The van der Waals surface area contributed by atoms with Gasteiger partial charge < -0.3 is 15.4 Å². The van der Waals surface area contributed by atoms with E-state index in [4.69, 9.17) is 10.5 Å². The van der Waals surface area contributed by atoms with Gasteiger partial charge >= 0.3 is 6.18 Å². The van der Waals surface area contributed by atoms with Crippen LogP contribution in [0.15, 0.2) is 18.2 Å². The van der Waals surface area contributed by atoms with Gasteiger partial charge in [0.15, 0.2) is 0 Å². The number of anilines is 1. The third-order valence-electron chi connectivity index (χ3n) is 2.80. The van der Waals surface area contributed by atoms with Crippen molar-refractivity contribution in [3.8, 4) is 0 Å². The van der Waals surface area contributed by atoms with Crippen LogP contribution in [-0.2, 0) is 10.9 Å².